The molecule has 2 aromatic rings. The first-order valence-electron chi connectivity index (χ1n) is 9.31. The summed E-state index contributed by atoms with van der Waals surface area (Å²) in [5, 5.41) is 5.29. The van der Waals surface area contributed by atoms with Crippen molar-refractivity contribution in [3.8, 4) is 16.3 Å². The van der Waals surface area contributed by atoms with E-state index in [2.05, 4.69) is 10.3 Å². The molecule has 0 aliphatic carbocycles. The first-order valence-corrected chi connectivity index (χ1v) is 10.2. The van der Waals surface area contributed by atoms with Crippen molar-refractivity contribution in [1.29, 1.82) is 0 Å². The van der Waals surface area contributed by atoms with Crippen LogP contribution >= 0.6 is 11.3 Å². The highest BCUT2D eigenvalue weighted by Gasteiger charge is 2.49. The fraction of sp³-hybridized carbons (Fsp3) is 0.400. The number of rotatable bonds is 8. The average Bonchev–Trinajstić information content (AvgIpc) is 3.31. The number of nitrogens with zero attached hydrogens (tertiary/aromatic N) is 2. The fourth-order valence-electron chi connectivity index (χ4n) is 3.12. The molecule has 2 heterocycles. The van der Waals surface area contributed by atoms with E-state index in [1.54, 1.807) is 12.5 Å². The predicted octanol–water partition coefficient (Wildman–Crippen LogP) is 2.97. The molecule has 1 aromatic heterocycles. The molecule has 0 spiro atoms. The standard InChI is InChI=1S/C20H23N3O5S/c1-4-20(5-2)18(25)23(19(26)22-20)10-16(24)28-11-14-12-29-17(21-14)13-6-8-15(27-3)9-7-13/h6-9,12H,4-5,10-11H2,1-3H3,(H,22,26). The second-order valence-electron chi connectivity index (χ2n) is 6.64. The summed E-state index contributed by atoms with van der Waals surface area (Å²) in [4.78, 5) is 42.2. The van der Waals surface area contributed by atoms with E-state index < -0.39 is 24.1 Å². The molecule has 1 N–H and O–H groups in total. The van der Waals surface area contributed by atoms with Gasteiger partial charge in [-0.05, 0) is 37.1 Å². The Morgan fingerprint density at radius 1 is 1.21 bits per heavy atom. The Hall–Kier alpha value is -2.94. The Bertz CT molecular complexity index is 905. The third-order valence-electron chi connectivity index (χ3n) is 5.01. The van der Waals surface area contributed by atoms with E-state index in [-0.39, 0.29) is 12.5 Å². The van der Waals surface area contributed by atoms with E-state index in [1.807, 2.05) is 38.1 Å². The van der Waals surface area contributed by atoms with Gasteiger partial charge in [0.05, 0.1) is 12.8 Å². The lowest BCUT2D eigenvalue weighted by Crippen LogP contribution is -2.46. The number of ether oxygens (including phenoxy) is 2. The van der Waals surface area contributed by atoms with E-state index in [4.69, 9.17) is 9.47 Å². The van der Waals surface area contributed by atoms with Crippen LogP contribution in [0.5, 0.6) is 5.75 Å². The quantitative estimate of drug-likeness (QED) is 0.524. The van der Waals surface area contributed by atoms with Crippen LogP contribution in [0.15, 0.2) is 29.6 Å². The molecular weight excluding hydrogens is 394 g/mol. The smallest absolute Gasteiger partial charge is 0.326 e. The maximum atomic E-state index is 12.5. The van der Waals surface area contributed by atoms with Gasteiger partial charge in [-0.3, -0.25) is 14.5 Å². The molecule has 3 amide bonds. The molecular formula is C20H23N3O5S. The zero-order valence-corrected chi connectivity index (χ0v) is 17.4. The summed E-state index contributed by atoms with van der Waals surface area (Å²) in [7, 11) is 1.61. The predicted molar refractivity (Wildman–Crippen MR) is 107 cm³/mol. The molecule has 154 valence electrons. The van der Waals surface area contributed by atoms with Crippen molar-refractivity contribution in [3.05, 3.63) is 35.3 Å². The molecule has 0 saturated carbocycles. The molecule has 0 radical (unpaired) electrons. The summed E-state index contributed by atoms with van der Waals surface area (Å²) in [6.07, 6.45) is 0.930. The Balaban J connectivity index is 1.57. The number of esters is 1. The van der Waals surface area contributed by atoms with E-state index in [9.17, 15) is 14.4 Å². The topological polar surface area (TPSA) is 97.8 Å². The molecule has 9 heteroatoms. The molecule has 1 saturated heterocycles. The maximum absolute atomic E-state index is 12.5. The summed E-state index contributed by atoms with van der Waals surface area (Å²) in [6, 6.07) is 6.94. The summed E-state index contributed by atoms with van der Waals surface area (Å²) in [5.74, 6) is -0.287. The van der Waals surface area contributed by atoms with Gasteiger partial charge in [-0.2, -0.15) is 0 Å². The van der Waals surface area contributed by atoms with E-state index in [1.165, 1.54) is 11.3 Å². The Morgan fingerprint density at radius 2 is 1.90 bits per heavy atom. The monoisotopic (exact) mass is 417 g/mol. The van der Waals surface area contributed by atoms with Gasteiger partial charge in [0, 0.05) is 10.9 Å². The number of urea groups is 1. The Labute approximate surface area is 172 Å². The molecule has 3 rings (SSSR count). The number of amides is 3. The molecule has 0 bridgehead atoms. The largest absolute Gasteiger partial charge is 0.497 e. The van der Waals surface area contributed by atoms with Gasteiger partial charge < -0.3 is 14.8 Å². The van der Waals surface area contributed by atoms with Crippen LogP contribution in [0.3, 0.4) is 0 Å². The van der Waals surface area contributed by atoms with Crippen molar-refractivity contribution in [1.82, 2.24) is 15.2 Å². The number of hydrogen-bond acceptors (Lipinski definition) is 7. The van der Waals surface area contributed by atoms with Crippen molar-refractivity contribution in [2.45, 2.75) is 38.8 Å². The SMILES string of the molecule is CCC1(CC)NC(=O)N(CC(=O)OCc2csc(-c3ccc(OC)cc3)n2)C1=O. The van der Waals surface area contributed by atoms with Gasteiger partial charge in [0.25, 0.3) is 5.91 Å². The highest BCUT2D eigenvalue weighted by atomic mass is 32.1. The minimum atomic E-state index is -0.931. The van der Waals surface area contributed by atoms with Crippen LogP contribution in [-0.4, -0.2) is 47.0 Å². The number of aromatic nitrogens is 1. The van der Waals surface area contributed by atoms with E-state index in [0.717, 1.165) is 21.2 Å². The summed E-state index contributed by atoms with van der Waals surface area (Å²) >= 11 is 1.44. The zero-order chi connectivity index (χ0) is 21.0. The zero-order valence-electron chi connectivity index (χ0n) is 16.6. The number of benzene rings is 1. The van der Waals surface area contributed by atoms with Gasteiger partial charge >= 0.3 is 12.0 Å². The Kier molecular flexibility index (Phi) is 6.17. The van der Waals surface area contributed by atoms with Crippen LogP contribution < -0.4 is 10.1 Å². The van der Waals surface area contributed by atoms with Crippen molar-refractivity contribution < 1.29 is 23.9 Å². The van der Waals surface area contributed by atoms with Gasteiger partial charge in [0.1, 0.15) is 29.4 Å². The molecule has 1 fully saturated rings. The lowest BCUT2D eigenvalue weighted by atomic mass is 9.93. The first kappa shape index (κ1) is 20.8. The third-order valence-corrected chi connectivity index (χ3v) is 5.95. The number of nitrogens with one attached hydrogen (secondary N) is 1. The summed E-state index contributed by atoms with van der Waals surface area (Å²) in [6.45, 7) is 3.21. The van der Waals surface area contributed by atoms with Crippen molar-refractivity contribution in [2.24, 2.45) is 0 Å². The van der Waals surface area contributed by atoms with Gasteiger partial charge in [-0.1, -0.05) is 13.8 Å². The van der Waals surface area contributed by atoms with E-state index in [0.29, 0.717) is 18.5 Å². The maximum Gasteiger partial charge on any atom is 0.326 e. The highest BCUT2D eigenvalue weighted by Crippen LogP contribution is 2.27. The van der Waals surface area contributed by atoms with Gasteiger partial charge in [0.2, 0.25) is 0 Å². The highest BCUT2D eigenvalue weighted by molar-refractivity contribution is 7.13. The first-order chi connectivity index (χ1) is 13.9. The normalized spacial score (nSPS) is 15.3. The molecule has 0 unspecified atom stereocenters. The molecule has 0 atom stereocenters. The summed E-state index contributed by atoms with van der Waals surface area (Å²) in [5.41, 5.74) is 0.602. The molecule has 29 heavy (non-hydrogen) atoms. The minimum Gasteiger partial charge on any atom is -0.497 e. The number of carbonyl (C=O) groups is 3. The lowest BCUT2D eigenvalue weighted by molar-refractivity contribution is -0.149. The van der Waals surface area contributed by atoms with E-state index >= 15 is 0 Å². The van der Waals surface area contributed by atoms with Crippen molar-refractivity contribution in [2.75, 3.05) is 13.7 Å². The molecule has 1 aliphatic rings. The van der Waals surface area contributed by atoms with Crippen molar-refractivity contribution >= 4 is 29.2 Å². The second kappa shape index (κ2) is 8.60. The van der Waals surface area contributed by atoms with Gasteiger partial charge in [0.15, 0.2) is 0 Å². The number of methoxy groups -OCH3 is 1. The fourth-order valence-corrected chi connectivity index (χ4v) is 3.93. The molecule has 1 aromatic carbocycles. The van der Waals surface area contributed by atoms with Crippen LogP contribution in [0.2, 0.25) is 0 Å². The lowest BCUT2D eigenvalue weighted by Gasteiger charge is -2.22. The van der Waals surface area contributed by atoms with Crippen LogP contribution in [0.4, 0.5) is 4.79 Å². The number of thiazole rings is 1. The van der Waals surface area contributed by atoms with Gasteiger partial charge in [-0.25, -0.2) is 9.78 Å². The van der Waals surface area contributed by atoms with Crippen LogP contribution in [0, 0.1) is 0 Å². The van der Waals surface area contributed by atoms with Gasteiger partial charge in [-0.15, -0.1) is 11.3 Å². The minimum absolute atomic E-state index is 0.0260. The second-order valence-corrected chi connectivity index (χ2v) is 7.50. The molecule has 8 nitrogen and oxygen atoms in total. The Morgan fingerprint density at radius 3 is 2.48 bits per heavy atom. The molecule has 1 aliphatic heterocycles. The van der Waals surface area contributed by atoms with Crippen LogP contribution in [0.25, 0.3) is 10.6 Å². The number of carbonyl (C=O) groups excluding carboxylic acids is 3. The number of imide groups is 1. The van der Waals surface area contributed by atoms with Crippen molar-refractivity contribution in [3.63, 3.8) is 0 Å². The third kappa shape index (κ3) is 4.24. The van der Waals surface area contributed by atoms with Crippen LogP contribution in [-0.2, 0) is 20.9 Å². The number of hydrogen-bond donors (Lipinski definition) is 1. The average molecular weight is 417 g/mol. The summed E-state index contributed by atoms with van der Waals surface area (Å²) < 4.78 is 10.4. The van der Waals surface area contributed by atoms with Crippen LogP contribution in [0.1, 0.15) is 32.4 Å².